The molecule has 2 aromatic carbocycles. The summed E-state index contributed by atoms with van der Waals surface area (Å²) in [5, 5.41) is 8.71. The van der Waals surface area contributed by atoms with Crippen LogP contribution in [0.5, 0.6) is 0 Å². The van der Waals surface area contributed by atoms with Gasteiger partial charge in [-0.3, -0.25) is 9.59 Å². The third kappa shape index (κ3) is 3.77. The number of amides is 1. The molecule has 3 aromatic rings. The van der Waals surface area contributed by atoms with Crippen LogP contribution in [0.1, 0.15) is 48.2 Å². The molecule has 0 radical (unpaired) electrons. The van der Waals surface area contributed by atoms with Gasteiger partial charge in [0.25, 0.3) is 11.5 Å². The molecule has 1 aliphatic carbocycles. The van der Waals surface area contributed by atoms with E-state index in [9.17, 15) is 9.59 Å². The van der Waals surface area contributed by atoms with Gasteiger partial charge in [-0.2, -0.15) is 5.10 Å². The summed E-state index contributed by atoms with van der Waals surface area (Å²) in [6, 6.07) is 17.1. The summed E-state index contributed by atoms with van der Waals surface area (Å²) in [5.74, 6) is -0.195. The topological polar surface area (TPSA) is 64.0 Å². The molecule has 1 heterocycles. The second kappa shape index (κ2) is 7.74. The summed E-state index contributed by atoms with van der Waals surface area (Å²) in [6.07, 6.45) is 5.54. The fraction of sp³-hybridized carbons (Fsp3) is 0.318. The normalized spacial score (nSPS) is 15.0. The lowest BCUT2D eigenvalue weighted by Gasteiger charge is -2.23. The first-order chi connectivity index (χ1) is 13.2. The van der Waals surface area contributed by atoms with E-state index in [1.54, 1.807) is 12.1 Å². The Bertz CT molecular complexity index is 1000. The van der Waals surface area contributed by atoms with Crippen LogP contribution in [0.3, 0.4) is 0 Å². The Kier molecular flexibility index (Phi) is 5.01. The van der Waals surface area contributed by atoms with Crippen molar-refractivity contribution in [1.82, 2.24) is 15.1 Å². The highest BCUT2D eigenvalue weighted by Crippen LogP contribution is 2.19. The smallest absolute Gasteiger partial charge is 0.274 e. The zero-order chi connectivity index (χ0) is 18.6. The predicted molar refractivity (Wildman–Crippen MR) is 106 cm³/mol. The minimum absolute atomic E-state index is 0.177. The van der Waals surface area contributed by atoms with Crippen LogP contribution in [0.4, 0.5) is 0 Å². The Morgan fingerprint density at radius 2 is 1.63 bits per heavy atom. The van der Waals surface area contributed by atoms with Gasteiger partial charge in [0.05, 0.1) is 11.9 Å². The predicted octanol–water partition coefficient (Wildman–Crippen LogP) is 3.51. The van der Waals surface area contributed by atoms with E-state index in [1.165, 1.54) is 11.1 Å². The van der Waals surface area contributed by atoms with Crippen LogP contribution in [0.15, 0.2) is 59.4 Å². The second-order valence-electron chi connectivity index (χ2n) is 7.15. The SMILES string of the molecule is O=C(NC1CCCCC1)c1nn(Cc2ccccc2)c(=O)c2ccccc12. The molecule has 138 valence electrons. The lowest BCUT2D eigenvalue weighted by molar-refractivity contribution is 0.0922. The Hall–Kier alpha value is -2.95. The molecule has 4 rings (SSSR count). The summed E-state index contributed by atoms with van der Waals surface area (Å²) >= 11 is 0. The summed E-state index contributed by atoms with van der Waals surface area (Å²) in [5.41, 5.74) is 1.12. The van der Waals surface area contributed by atoms with Crippen molar-refractivity contribution in [1.29, 1.82) is 0 Å². The standard InChI is InChI=1S/C22H23N3O2/c26-21(23-17-11-5-2-6-12-17)20-18-13-7-8-14-19(18)22(27)25(24-20)15-16-9-3-1-4-10-16/h1,3-4,7-10,13-14,17H,2,5-6,11-12,15H2,(H,23,26). The van der Waals surface area contributed by atoms with Crippen molar-refractivity contribution in [2.45, 2.75) is 44.7 Å². The maximum absolute atomic E-state index is 13.0. The average Bonchev–Trinajstić information content (AvgIpc) is 2.71. The van der Waals surface area contributed by atoms with Gasteiger partial charge in [-0.25, -0.2) is 4.68 Å². The van der Waals surface area contributed by atoms with Gasteiger partial charge in [0.15, 0.2) is 5.69 Å². The van der Waals surface area contributed by atoms with E-state index in [2.05, 4.69) is 10.4 Å². The van der Waals surface area contributed by atoms with Crippen LogP contribution in [0.2, 0.25) is 0 Å². The molecule has 1 aromatic heterocycles. The van der Waals surface area contributed by atoms with Crippen LogP contribution in [0, 0.1) is 0 Å². The fourth-order valence-corrected chi connectivity index (χ4v) is 3.77. The van der Waals surface area contributed by atoms with Crippen molar-refractivity contribution in [3.8, 4) is 0 Å². The van der Waals surface area contributed by atoms with Crippen LogP contribution in [-0.4, -0.2) is 21.7 Å². The molecule has 0 saturated heterocycles. The quantitative estimate of drug-likeness (QED) is 0.773. The first kappa shape index (κ1) is 17.5. The van der Waals surface area contributed by atoms with E-state index in [-0.39, 0.29) is 17.5 Å². The highest BCUT2D eigenvalue weighted by atomic mass is 16.2. The Balaban J connectivity index is 1.73. The van der Waals surface area contributed by atoms with Gasteiger partial charge in [-0.1, -0.05) is 67.8 Å². The van der Waals surface area contributed by atoms with Crippen LogP contribution in [-0.2, 0) is 6.54 Å². The van der Waals surface area contributed by atoms with Crippen molar-refractivity contribution >= 4 is 16.7 Å². The van der Waals surface area contributed by atoms with Crippen molar-refractivity contribution in [2.24, 2.45) is 0 Å². The van der Waals surface area contributed by atoms with Crippen molar-refractivity contribution < 1.29 is 4.79 Å². The zero-order valence-electron chi connectivity index (χ0n) is 15.2. The maximum Gasteiger partial charge on any atom is 0.274 e. The molecule has 0 aliphatic heterocycles. The second-order valence-corrected chi connectivity index (χ2v) is 7.15. The molecule has 1 fully saturated rings. The van der Waals surface area contributed by atoms with Gasteiger partial charge in [-0.05, 0) is 24.5 Å². The van der Waals surface area contributed by atoms with Gasteiger partial charge >= 0.3 is 0 Å². The number of aromatic nitrogens is 2. The van der Waals surface area contributed by atoms with Crippen molar-refractivity contribution in [3.05, 3.63) is 76.2 Å². The van der Waals surface area contributed by atoms with Gasteiger partial charge in [0.1, 0.15) is 0 Å². The fourth-order valence-electron chi connectivity index (χ4n) is 3.77. The monoisotopic (exact) mass is 361 g/mol. The molecule has 1 N–H and O–H groups in total. The van der Waals surface area contributed by atoms with Crippen molar-refractivity contribution in [3.63, 3.8) is 0 Å². The third-order valence-electron chi connectivity index (χ3n) is 5.20. The number of carbonyl (C=O) groups is 1. The largest absolute Gasteiger partial charge is 0.348 e. The first-order valence-corrected chi connectivity index (χ1v) is 9.57. The van der Waals surface area contributed by atoms with Gasteiger partial charge in [0, 0.05) is 11.4 Å². The van der Waals surface area contributed by atoms with E-state index in [0.717, 1.165) is 31.2 Å². The molecule has 0 bridgehead atoms. The van der Waals surface area contributed by atoms with E-state index in [4.69, 9.17) is 0 Å². The average molecular weight is 361 g/mol. The molecule has 5 nitrogen and oxygen atoms in total. The summed E-state index contributed by atoms with van der Waals surface area (Å²) < 4.78 is 1.40. The highest BCUT2D eigenvalue weighted by molar-refractivity contribution is 6.04. The first-order valence-electron chi connectivity index (χ1n) is 9.57. The number of hydrogen-bond acceptors (Lipinski definition) is 3. The van der Waals surface area contributed by atoms with E-state index >= 15 is 0 Å². The van der Waals surface area contributed by atoms with Crippen molar-refractivity contribution in [2.75, 3.05) is 0 Å². The number of hydrogen-bond donors (Lipinski definition) is 1. The molecule has 1 aliphatic rings. The number of nitrogens with one attached hydrogen (secondary N) is 1. The Morgan fingerprint density at radius 1 is 0.963 bits per heavy atom. The molecule has 1 amide bonds. The van der Waals surface area contributed by atoms with Gasteiger partial charge < -0.3 is 5.32 Å². The number of rotatable bonds is 4. The Labute approximate surface area is 158 Å². The van der Waals surface area contributed by atoms with Crippen LogP contribution in [0.25, 0.3) is 10.8 Å². The molecule has 5 heteroatoms. The van der Waals surface area contributed by atoms with Crippen LogP contribution < -0.4 is 10.9 Å². The Morgan fingerprint density at radius 3 is 2.37 bits per heavy atom. The summed E-state index contributed by atoms with van der Waals surface area (Å²) in [7, 11) is 0. The van der Waals surface area contributed by atoms with Gasteiger partial charge in [-0.15, -0.1) is 0 Å². The van der Waals surface area contributed by atoms with E-state index in [1.807, 2.05) is 42.5 Å². The highest BCUT2D eigenvalue weighted by Gasteiger charge is 2.21. The summed E-state index contributed by atoms with van der Waals surface area (Å²) in [6.45, 7) is 0.341. The molecule has 0 spiro atoms. The molecular formula is C22H23N3O2. The lowest BCUT2D eigenvalue weighted by atomic mass is 9.95. The number of nitrogens with zero attached hydrogens (tertiary/aromatic N) is 2. The van der Waals surface area contributed by atoms with Gasteiger partial charge in [0.2, 0.25) is 0 Å². The minimum Gasteiger partial charge on any atom is -0.348 e. The molecule has 1 saturated carbocycles. The number of benzene rings is 2. The number of carbonyl (C=O) groups excluding carboxylic acids is 1. The maximum atomic E-state index is 13.0. The van der Waals surface area contributed by atoms with Crippen LogP contribution >= 0.6 is 0 Å². The molecule has 0 atom stereocenters. The minimum atomic E-state index is -0.195. The third-order valence-corrected chi connectivity index (χ3v) is 5.20. The van der Waals surface area contributed by atoms with E-state index < -0.39 is 0 Å². The molecular weight excluding hydrogens is 338 g/mol. The van der Waals surface area contributed by atoms with E-state index in [0.29, 0.717) is 23.0 Å². The number of fused-ring (bicyclic) bond motifs is 1. The zero-order valence-corrected chi connectivity index (χ0v) is 15.2. The summed E-state index contributed by atoms with van der Waals surface area (Å²) in [4.78, 5) is 25.8. The molecule has 0 unspecified atom stereocenters. The lowest BCUT2D eigenvalue weighted by Crippen LogP contribution is -2.38. The molecule has 27 heavy (non-hydrogen) atoms.